The third-order valence-electron chi connectivity index (χ3n) is 7.20. The summed E-state index contributed by atoms with van der Waals surface area (Å²) in [5.41, 5.74) is 3.30. The Morgan fingerprint density at radius 3 is 2.31 bits per heavy atom. The molecule has 10 heteroatoms. The Hall–Kier alpha value is -3.66. The second-order valence-electron chi connectivity index (χ2n) is 10.1. The molecule has 6 nitrogen and oxygen atoms in total. The van der Waals surface area contributed by atoms with Crippen LogP contribution in [0, 0.1) is 11.8 Å². The zero-order chi connectivity index (χ0) is 27.9. The molecule has 1 saturated carbocycles. The number of fused-ring (bicyclic) bond motifs is 1. The van der Waals surface area contributed by atoms with Gasteiger partial charge in [0, 0.05) is 34.7 Å². The van der Waals surface area contributed by atoms with Crippen molar-refractivity contribution in [3.63, 3.8) is 0 Å². The number of anilines is 1. The van der Waals surface area contributed by atoms with Crippen LogP contribution in [0.4, 0.5) is 18.9 Å². The van der Waals surface area contributed by atoms with Crippen molar-refractivity contribution in [3.8, 4) is 21.8 Å². The summed E-state index contributed by atoms with van der Waals surface area (Å²) in [6.45, 7) is 3.55. The highest BCUT2D eigenvalue weighted by Crippen LogP contribution is 2.43. The van der Waals surface area contributed by atoms with E-state index < -0.39 is 24.0 Å². The molecule has 1 fully saturated rings. The normalized spacial score (nSPS) is 18.0. The van der Waals surface area contributed by atoms with Gasteiger partial charge in [-0.05, 0) is 63.3 Å². The van der Waals surface area contributed by atoms with E-state index in [2.05, 4.69) is 4.98 Å². The number of carboxylic acid groups (broad SMARTS) is 1. The predicted octanol–water partition coefficient (Wildman–Crippen LogP) is 8.03. The lowest BCUT2D eigenvalue weighted by atomic mass is 9.81. The lowest BCUT2D eigenvalue weighted by Crippen LogP contribution is -2.43. The van der Waals surface area contributed by atoms with Crippen LogP contribution in [0.25, 0.3) is 32.9 Å². The van der Waals surface area contributed by atoms with E-state index in [0.29, 0.717) is 16.2 Å². The molecule has 1 amide bonds. The van der Waals surface area contributed by atoms with Gasteiger partial charge in [0.2, 0.25) is 5.91 Å². The summed E-state index contributed by atoms with van der Waals surface area (Å²) < 4.78 is 45.3. The van der Waals surface area contributed by atoms with Gasteiger partial charge >= 0.3 is 12.1 Å². The van der Waals surface area contributed by atoms with Crippen LogP contribution in [0.5, 0.6) is 0 Å². The van der Waals surface area contributed by atoms with Crippen LogP contribution in [0.1, 0.15) is 49.2 Å². The lowest BCUT2D eigenvalue weighted by Gasteiger charge is -2.34. The Balaban J connectivity index is 1.42. The minimum Gasteiger partial charge on any atom is -0.477 e. The van der Waals surface area contributed by atoms with Crippen LogP contribution in [-0.4, -0.2) is 34.2 Å². The number of alkyl halides is 3. The average Bonchev–Trinajstić information content (AvgIpc) is 3.53. The number of carbonyl (C=O) groups is 2. The predicted molar refractivity (Wildman–Crippen MR) is 144 cm³/mol. The second kappa shape index (κ2) is 10.5. The number of carbonyl (C=O) groups excluding carboxylic acids is 1. The molecular weight excluding hydrogens is 529 g/mol. The van der Waals surface area contributed by atoms with Crippen molar-refractivity contribution in [1.29, 1.82) is 0 Å². The molecule has 3 heterocycles. The van der Waals surface area contributed by atoms with Crippen LogP contribution in [0.3, 0.4) is 0 Å². The van der Waals surface area contributed by atoms with Crippen molar-refractivity contribution in [2.45, 2.75) is 51.7 Å². The fraction of sp³-hybridized carbons (Fsp3) is 0.345. The summed E-state index contributed by atoms with van der Waals surface area (Å²) in [5.74, 6) is -2.80. The smallest absolute Gasteiger partial charge is 0.391 e. The van der Waals surface area contributed by atoms with E-state index in [0.717, 1.165) is 28.0 Å². The number of thiophene rings is 1. The van der Waals surface area contributed by atoms with Crippen molar-refractivity contribution in [2.75, 3.05) is 4.90 Å². The molecule has 3 aromatic heterocycles. The van der Waals surface area contributed by atoms with E-state index >= 15 is 0 Å². The highest BCUT2D eigenvalue weighted by molar-refractivity contribution is 7.18. The molecule has 5 rings (SSSR count). The molecular formula is C29H27F3N2O4S. The Morgan fingerprint density at radius 1 is 1.05 bits per heavy atom. The first-order valence-corrected chi connectivity index (χ1v) is 13.6. The Kier molecular flexibility index (Phi) is 7.24. The molecule has 0 bridgehead atoms. The lowest BCUT2D eigenvalue weighted by molar-refractivity contribution is -0.184. The van der Waals surface area contributed by atoms with Gasteiger partial charge < -0.3 is 14.4 Å². The van der Waals surface area contributed by atoms with Crippen LogP contribution in [0.2, 0.25) is 0 Å². The number of benzene rings is 1. The summed E-state index contributed by atoms with van der Waals surface area (Å²) in [7, 11) is 0. The first kappa shape index (κ1) is 26.9. The minimum atomic E-state index is -4.26. The monoisotopic (exact) mass is 556 g/mol. The van der Waals surface area contributed by atoms with Gasteiger partial charge in [-0.3, -0.25) is 9.78 Å². The van der Waals surface area contributed by atoms with Crippen molar-refractivity contribution < 1.29 is 32.3 Å². The molecule has 39 heavy (non-hydrogen) atoms. The van der Waals surface area contributed by atoms with Crippen LogP contribution in [-0.2, 0) is 4.79 Å². The fourth-order valence-corrected chi connectivity index (χ4v) is 6.18. The average molecular weight is 557 g/mol. The van der Waals surface area contributed by atoms with Gasteiger partial charge in [-0.1, -0.05) is 24.3 Å². The number of hydrogen-bond acceptors (Lipinski definition) is 5. The number of aromatic carboxylic acids is 1. The first-order valence-electron chi connectivity index (χ1n) is 12.7. The molecule has 0 unspecified atom stereocenters. The third-order valence-corrected chi connectivity index (χ3v) is 8.36. The van der Waals surface area contributed by atoms with Crippen molar-refractivity contribution >= 4 is 40.0 Å². The van der Waals surface area contributed by atoms with E-state index in [9.17, 15) is 27.9 Å². The number of aromatic nitrogens is 1. The van der Waals surface area contributed by atoms with Crippen LogP contribution in [0.15, 0.2) is 59.1 Å². The Labute approximate surface area is 227 Å². The molecule has 204 valence electrons. The molecule has 0 radical (unpaired) electrons. The summed E-state index contributed by atoms with van der Waals surface area (Å²) >= 11 is 1.06. The highest BCUT2D eigenvalue weighted by Gasteiger charge is 2.43. The number of hydrogen-bond donors (Lipinski definition) is 1. The van der Waals surface area contributed by atoms with Gasteiger partial charge in [-0.2, -0.15) is 13.2 Å². The fourth-order valence-electron chi connectivity index (χ4n) is 5.18. The molecule has 1 N–H and O–H groups in total. The number of halogens is 3. The van der Waals surface area contributed by atoms with Gasteiger partial charge in [0.25, 0.3) is 0 Å². The summed E-state index contributed by atoms with van der Waals surface area (Å²) in [4.78, 5) is 32.1. The molecule has 0 spiro atoms. The van der Waals surface area contributed by atoms with Crippen molar-refractivity contribution in [2.24, 2.45) is 11.8 Å². The van der Waals surface area contributed by atoms with Gasteiger partial charge in [0.1, 0.15) is 16.2 Å². The highest BCUT2D eigenvalue weighted by atomic mass is 32.1. The molecule has 1 aliphatic rings. The third kappa shape index (κ3) is 5.43. The zero-order valence-electron chi connectivity index (χ0n) is 21.4. The molecule has 1 aliphatic carbocycles. The molecule has 1 aromatic carbocycles. The number of rotatable bonds is 6. The number of nitrogens with zero attached hydrogens (tertiary/aromatic N) is 2. The van der Waals surface area contributed by atoms with Crippen molar-refractivity contribution in [1.82, 2.24) is 4.98 Å². The number of furan rings is 1. The Morgan fingerprint density at radius 2 is 1.72 bits per heavy atom. The van der Waals surface area contributed by atoms with Crippen molar-refractivity contribution in [3.05, 3.63) is 59.6 Å². The Bertz CT molecular complexity index is 1470. The SMILES string of the molecule is CC(C)N(c1cc(-c2ccc(-c3cc4ncccc4o3)cc2)sc1C(=O)O)C(=O)[C@H]1CC[C@H](C(F)(F)F)CC1. The molecule has 0 saturated heterocycles. The minimum absolute atomic E-state index is 0.0171. The number of pyridine rings is 1. The van der Waals surface area contributed by atoms with E-state index in [1.54, 1.807) is 32.2 Å². The zero-order valence-corrected chi connectivity index (χ0v) is 22.2. The topological polar surface area (TPSA) is 83.6 Å². The molecule has 4 aromatic rings. The van der Waals surface area contributed by atoms with Gasteiger partial charge in [0.05, 0.1) is 11.6 Å². The molecule has 0 aliphatic heterocycles. The maximum absolute atomic E-state index is 13.5. The quantitative estimate of drug-likeness (QED) is 0.260. The van der Waals surface area contributed by atoms with Gasteiger partial charge in [0.15, 0.2) is 5.58 Å². The van der Waals surface area contributed by atoms with Crippen LogP contribution >= 0.6 is 11.3 Å². The summed E-state index contributed by atoms with van der Waals surface area (Å²) in [5, 5.41) is 9.96. The summed E-state index contributed by atoms with van der Waals surface area (Å²) in [6, 6.07) is 14.3. The van der Waals surface area contributed by atoms with E-state index in [1.165, 1.54) is 4.90 Å². The first-order chi connectivity index (χ1) is 18.5. The van der Waals surface area contributed by atoms with E-state index in [-0.39, 0.29) is 48.2 Å². The molecule has 0 atom stereocenters. The van der Waals surface area contributed by atoms with Gasteiger partial charge in [-0.25, -0.2) is 4.79 Å². The maximum Gasteiger partial charge on any atom is 0.391 e. The van der Waals surface area contributed by atoms with Crippen LogP contribution < -0.4 is 4.90 Å². The second-order valence-corrected chi connectivity index (χ2v) is 11.1. The standard InChI is InChI=1S/C29H27F3N2O4S/c1-16(2)34(27(35)19-9-11-20(12-10-19)29(30,31)32)22-15-25(39-26(22)28(36)37)18-7-5-17(6-8-18)24-14-21-23(38-24)4-3-13-33-21/h3-8,13-16,19-20H,9-12H2,1-2H3,(H,36,37)/t19-,20-. The largest absolute Gasteiger partial charge is 0.477 e. The van der Waals surface area contributed by atoms with E-state index in [1.807, 2.05) is 36.4 Å². The maximum atomic E-state index is 13.5. The van der Waals surface area contributed by atoms with E-state index in [4.69, 9.17) is 4.42 Å². The van der Waals surface area contributed by atoms with Gasteiger partial charge in [-0.15, -0.1) is 11.3 Å². The number of amides is 1. The summed E-state index contributed by atoms with van der Waals surface area (Å²) in [6.07, 6.45) is -2.51. The number of carboxylic acids is 1.